The maximum Gasteiger partial charge on any atom is 0.173 e. The van der Waals surface area contributed by atoms with E-state index in [-0.39, 0.29) is 10.5 Å². The molecule has 2 aromatic rings. The van der Waals surface area contributed by atoms with Crippen molar-refractivity contribution in [2.24, 2.45) is 0 Å². The summed E-state index contributed by atoms with van der Waals surface area (Å²) < 4.78 is 27.0. The van der Waals surface area contributed by atoms with E-state index in [0.717, 1.165) is 18.5 Å². The van der Waals surface area contributed by atoms with Gasteiger partial charge in [-0.3, -0.25) is 0 Å². The van der Waals surface area contributed by atoms with Crippen molar-refractivity contribution < 1.29 is 8.78 Å². The number of hydrogen-bond donors (Lipinski definition) is 1. The zero-order valence-corrected chi connectivity index (χ0v) is 12.8. The molecular weight excluding hydrogens is 332 g/mol. The van der Waals surface area contributed by atoms with Crippen molar-refractivity contribution in [3.63, 3.8) is 0 Å². The summed E-state index contributed by atoms with van der Waals surface area (Å²) in [6.07, 6.45) is 0.974. The zero-order chi connectivity index (χ0) is 13.8. The third-order valence-corrected chi connectivity index (χ3v) is 4.36. The molecule has 0 saturated heterocycles. The van der Waals surface area contributed by atoms with E-state index < -0.39 is 11.6 Å². The van der Waals surface area contributed by atoms with E-state index in [1.807, 2.05) is 16.8 Å². The molecular formula is C14H14BrF2NS. The van der Waals surface area contributed by atoms with Crippen LogP contribution in [0.15, 0.2) is 33.4 Å². The van der Waals surface area contributed by atoms with Gasteiger partial charge in [-0.25, -0.2) is 8.78 Å². The fourth-order valence-electron chi connectivity index (χ4n) is 1.90. The first kappa shape index (κ1) is 14.6. The van der Waals surface area contributed by atoms with E-state index in [2.05, 4.69) is 28.2 Å². The van der Waals surface area contributed by atoms with Crippen molar-refractivity contribution in [1.29, 1.82) is 0 Å². The van der Waals surface area contributed by atoms with E-state index >= 15 is 0 Å². The van der Waals surface area contributed by atoms with Gasteiger partial charge >= 0.3 is 0 Å². The smallest absolute Gasteiger partial charge is 0.173 e. The van der Waals surface area contributed by atoms with Gasteiger partial charge in [0.05, 0.1) is 10.5 Å². The number of benzene rings is 1. The molecule has 5 heteroatoms. The first-order valence-electron chi connectivity index (χ1n) is 6.04. The minimum absolute atomic E-state index is 0.129. The van der Waals surface area contributed by atoms with Crippen LogP contribution in [0.25, 0.3) is 0 Å². The molecule has 1 heterocycles. The number of halogens is 3. The summed E-state index contributed by atoms with van der Waals surface area (Å²) in [5, 5.41) is 7.35. The zero-order valence-electron chi connectivity index (χ0n) is 10.4. The van der Waals surface area contributed by atoms with Crippen LogP contribution in [0.3, 0.4) is 0 Å². The second-order valence-electron chi connectivity index (χ2n) is 4.21. The summed E-state index contributed by atoms with van der Waals surface area (Å²) in [4.78, 5) is 0. The topological polar surface area (TPSA) is 12.0 Å². The second kappa shape index (κ2) is 6.59. The molecule has 0 saturated carbocycles. The fourth-order valence-corrected chi connectivity index (χ4v) is 3.14. The highest BCUT2D eigenvalue weighted by molar-refractivity contribution is 9.10. The number of rotatable bonds is 5. The average molecular weight is 346 g/mol. The normalized spacial score (nSPS) is 12.6. The first-order valence-corrected chi connectivity index (χ1v) is 7.77. The van der Waals surface area contributed by atoms with E-state index in [0.29, 0.717) is 5.56 Å². The Hall–Kier alpha value is -0.780. The lowest BCUT2D eigenvalue weighted by atomic mass is 10.0. The molecule has 1 aromatic carbocycles. The Morgan fingerprint density at radius 1 is 1.32 bits per heavy atom. The highest BCUT2D eigenvalue weighted by Gasteiger charge is 2.20. The van der Waals surface area contributed by atoms with Crippen molar-refractivity contribution in [1.82, 2.24) is 5.32 Å². The Kier molecular flexibility index (Phi) is 5.07. The van der Waals surface area contributed by atoms with E-state index in [1.165, 1.54) is 6.07 Å². The average Bonchev–Trinajstić information content (AvgIpc) is 2.92. The van der Waals surface area contributed by atoms with Crippen LogP contribution >= 0.6 is 27.3 Å². The van der Waals surface area contributed by atoms with Gasteiger partial charge in [0.1, 0.15) is 0 Å². The molecule has 1 aromatic heterocycles. The van der Waals surface area contributed by atoms with Crippen molar-refractivity contribution in [2.75, 3.05) is 6.54 Å². The Labute approximate surface area is 123 Å². The molecule has 0 amide bonds. The molecule has 19 heavy (non-hydrogen) atoms. The largest absolute Gasteiger partial charge is 0.306 e. The Morgan fingerprint density at radius 3 is 2.74 bits per heavy atom. The van der Waals surface area contributed by atoms with Crippen LogP contribution in [0.2, 0.25) is 0 Å². The van der Waals surface area contributed by atoms with Gasteiger partial charge < -0.3 is 5.32 Å². The molecule has 1 nitrogen and oxygen atoms in total. The third-order valence-electron chi connectivity index (χ3n) is 2.85. The second-order valence-corrected chi connectivity index (χ2v) is 5.78. The Balaban J connectivity index is 2.41. The van der Waals surface area contributed by atoms with Crippen molar-refractivity contribution in [2.45, 2.75) is 19.4 Å². The summed E-state index contributed by atoms with van der Waals surface area (Å²) in [6.45, 7) is 2.88. The fraction of sp³-hybridized carbons (Fsp3) is 0.286. The molecule has 102 valence electrons. The quantitative estimate of drug-likeness (QED) is 0.761. The van der Waals surface area contributed by atoms with Crippen LogP contribution in [-0.4, -0.2) is 6.54 Å². The van der Waals surface area contributed by atoms with E-state index in [4.69, 9.17) is 0 Å². The van der Waals surface area contributed by atoms with Crippen LogP contribution < -0.4 is 5.32 Å². The molecule has 0 spiro atoms. The van der Waals surface area contributed by atoms with Crippen LogP contribution in [0.4, 0.5) is 8.78 Å². The van der Waals surface area contributed by atoms with Crippen molar-refractivity contribution >= 4 is 27.3 Å². The number of hydrogen-bond acceptors (Lipinski definition) is 2. The maximum atomic E-state index is 13.7. The predicted molar refractivity (Wildman–Crippen MR) is 78.5 cm³/mol. The van der Waals surface area contributed by atoms with Crippen LogP contribution in [-0.2, 0) is 0 Å². The molecule has 1 unspecified atom stereocenters. The number of thiophene rings is 1. The number of nitrogens with one attached hydrogen (secondary N) is 1. The van der Waals surface area contributed by atoms with Gasteiger partial charge in [0.25, 0.3) is 0 Å². The summed E-state index contributed by atoms with van der Waals surface area (Å²) in [6, 6.07) is 4.65. The van der Waals surface area contributed by atoms with Crippen LogP contribution in [0.5, 0.6) is 0 Å². The lowest BCUT2D eigenvalue weighted by Gasteiger charge is -2.20. The summed E-state index contributed by atoms with van der Waals surface area (Å²) in [7, 11) is 0. The van der Waals surface area contributed by atoms with Gasteiger partial charge in [0.2, 0.25) is 0 Å². The SMILES string of the molecule is CCCNC(c1ccsc1)c1ccc(F)c(F)c1Br. The molecule has 0 aliphatic carbocycles. The molecule has 0 aliphatic rings. The lowest BCUT2D eigenvalue weighted by molar-refractivity contribution is 0.497. The van der Waals surface area contributed by atoms with Gasteiger partial charge in [0, 0.05) is 0 Å². The highest BCUT2D eigenvalue weighted by atomic mass is 79.9. The molecule has 2 rings (SSSR count). The lowest BCUT2D eigenvalue weighted by Crippen LogP contribution is -2.23. The summed E-state index contributed by atoms with van der Waals surface area (Å²) >= 11 is 4.74. The standard InChI is InChI=1S/C14H14BrF2NS/c1-2-6-18-14(9-5-7-19-8-9)10-3-4-11(16)13(17)12(10)15/h3-5,7-8,14,18H,2,6H2,1H3. The molecule has 0 fully saturated rings. The molecule has 1 atom stereocenters. The summed E-state index contributed by atoms with van der Waals surface area (Å²) in [5.74, 6) is -1.67. The minimum atomic E-state index is -0.838. The van der Waals surface area contributed by atoms with Gasteiger partial charge in [-0.05, 0) is 62.9 Å². The molecule has 1 N–H and O–H groups in total. The highest BCUT2D eigenvalue weighted by Crippen LogP contribution is 2.32. The molecule has 0 bridgehead atoms. The summed E-state index contributed by atoms with van der Waals surface area (Å²) in [5.41, 5.74) is 1.77. The maximum absolute atomic E-state index is 13.7. The van der Waals surface area contributed by atoms with E-state index in [9.17, 15) is 8.78 Å². The first-order chi connectivity index (χ1) is 9.15. The van der Waals surface area contributed by atoms with Gasteiger partial charge in [-0.15, -0.1) is 0 Å². The Morgan fingerprint density at radius 2 is 2.11 bits per heavy atom. The van der Waals surface area contributed by atoms with E-state index in [1.54, 1.807) is 17.4 Å². The minimum Gasteiger partial charge on any atom is -0.306 e. The monoisotopic (exact) mass is 345 g/mol. The molecule has 0 radical (unpaired) electrons. The van der Waals surface area contributed by atoms with Gasteiger partial charge in [0.15, 0.2) is 11.6 Å². The van der Waals surface area contributed by atoms with Crippen molar-refractivity contribution in [3.8, 4) is 0 Å². The Bertz CT molecular complexity index is 543. The third kappa shape index (κ3) is 3.22. The van der Waals surface area contributed by atoms with Gasteiger partial charge in [-0.1, -0.05) is 13.0 Å². The van der Waals surface area contributed by atoms with Crippen molar-refractivity contribution in [3.05, 3.63) is 56.2 Å². The molecule has 0 aliphatic heterocycles. The van der Waals surface area contributed by atoms with Crippen LogP contribution in [0.1, 0.15) is 30.5 Å². The predicted octanol–water partition coefficient (Wildman–Crippen LogP) is 4.88. The van der Waals surface area contributed by atoms with Crippen LogP contribution in [0, 0.1) is 11.6 Å². The van der Waals surface area contributed by atoms with Gasteiger partial charge in [-0.2, -0.15) is 11.3 Å².